The zero-order chi connectivity index (χ0) is 9.68. The van der Waals surface area contributed by atoms with Crippen molar-refractivity contribution in [1.29, 1.82) is 0 Å². The number of thiocarbonyl (C=S) groups is 1. The first-order chi connectivity index (χ1) is 6.24. The van der Waals surface area contributed by atoms with E-state index >= 15 is 0 Å². The summed E-state index contributed by atoms with van der Waals surface area (Å²) in [7, 11) is 1.76. The monoisotopic (exact) mass is 213 g/mol. The maximum atomic E-state index is 4.88. The molecule has 1 aromatic rings. The van der Waals surface area contributed by atoms with Gasteiger partial charge in [0.05, 0.1) is 5.71 Å². The molecule has 0 bridgehead atoms. The van der Waals surface area contributed by atoms with Gasteiger partial charge in [-0.15, -0.1) is 11.3 Å². The minimum atomic E-state index is 0.524. The molecular weight excluding hydrogens is 202 g/mol. The van der Waals surface area contributed by atoms with Gasteiger partial charge in [-0.25, -0.2) is 0 Å². The zero-order valence-electron chi connectivity index (χ0n) is 7.50. The molecule has 13 heavy (non-hydrogen) atoms. The number of hydrazone groups is 1. The van der Waals surface area contributed by atoms with E-state index in [2.05, 4.69) is 15.8 Å². The molecule has 0 atom stereocenters. The smallest absolute Gasteiger partial charge is 0.186 e. The lowest BCUT2D eigenvalue weighted by Crippen LogP contribution is -2.29. The largest absolute Gasteiger partial charge is 0.364 e. The summed E-state index contributed by atoms with van der Waals surface area (Å²) in [6, 6.07) is 4.02. The van der Waals surface area contributed by atoms with E-state index in [1.54, 1.807) is 18.4 Å². The van der Waals surface area contributed by atoms with E-state index in [-0.39, 0.29) is 0 Å². The predicted octanol–water partition coefficient (Wildman–Crippen LogP) is 1.57. The Bertz CT molecular complexity index is 303. The van der Waals surface area contributed by atoms with E-state index in [4.69, 9.17) is 12.2 Å². The SMILES string of the molecule is CNC(=S)N/N=C(\C)c1cccs1. The lowest BCUT2D eigenvalue weighted by molar-refractivity contribution is 0.975. The number of rotatable bonds is 2. The molecule has 0 amide bonds. The van der Waals surface area contributed by atoms with Gasteiger partial charge >= 0.3 is 0 Å². The lowest BCUT2D eigenvalue weighted by atomic mass is 10.3. The Morgan fingerprint density at radius 3 is 2.92 bits per heavy atom. The van der Waals surface area contributed by atoms with E-state index in [9.17, 15) is 0 Å². The number of hydrogen-bond acceptors (Lipinski definition) is 3. The molecule has 1 aromatic heterocycles. The van der Waals surface area contributed by atoms with E-state index in [1.807, 2.05) is 24.4 Å². The van der Waals surface area contributed by atoms with E-state index in [0.717, 1.165) is 10.6 Å². The van der Waals surface area contributed by atoms with Crippen LogP contribution in [-0.2, 0) is 0 Å². The summed E-state index contributed by atoms with van der Waals surface area (Å²) in [4.78, 5) is 1.14. The molecule has 0 fully saturated rings. The second-order valence-electron chi connectivity index (χ2n) is 2.37. The second kappa shape index (κ2) is 4.94. The zero-order valence-corrected chi connectivity index (χ0v) is 9.13. The molecule has 1 rings (SSSR count). The van der Waals surface area contributed by atoms with E-state index in [1.165, 1.54) is 0 Å². The standard InChI is InChI=1S/C8H11N3S2/c1-6(7-4-3-5-13-7)10-11-8(12)9-2/h3-5H,1-2H3,(H2,9,11,12)/b10-6+. The minimum Gasteiger partial charge on any atom is -0.364 e. The summed E-state index contributed by atoms with van der Waals surface area (Å²) >= 11 is 6.53. The van der Waals surface area contributed by atoms with Crippen molar-refractivity contribution in [3.8, 4) is 0 Å². The summed E-state index contributed by atoms with van der Waals surface area (Å²) in [6.07, 6.45) is 0. The third-order valence-corrected chi connectivity index (χ3v) is 2.70. The summed E-state index contributed by atoms with van der Waals surface area (Å²) in [5.41, 5.74) is 3.67. The van der Waals surface area contributed by atoms with Crippen LogP contribution in [0, 0.1) is 0 Å². The number of thiophene rings is 1. The summed E-state index contributed by atoms with van der Waals surface area (Å²) in [5.74, 6) is 0. The third-order valence-electron chi connectivity index (χ3n) is 1.43. The van der Waals surface area contributed by atoms with Crippen molar-refractivity contribution in [1.82, 2.24) is 10.7 Å². The van der Waals surface area contributed by atoms with Gasteiger partial charge in [0, 0.05) is 11.9 Å². The van der Waals surface area contributed by atoms with Gasteiger partial charge in [0.2, 0.25) is 0 Å². The van der Waals surface area contributed by atoms with Crippen molar-refractivity contribution in [2.75, 3.05) is 7.05 Å². The molecule has 3 nitrogen and oxygen atoms in total. The van der Waals surface area contributed by atoms with Crippen LogP contribution in [-0.4, -0.2) is 17.9 Å². The molecular formula is C8H11N3S2. The average molecular weight is 213 g/mol. The molecule has 0 aliphatic rings. The van der Waals surface area contributed by atoms with Gasteiger partial charge in [-0.05, 0) is 30.6 Å². The Morgan fingerprint density at radius 2 is 2.38 bits per heavy atom. The fraction of sp³-hybridized carbons (Fsp3) is 0.250. The van der Waals surface area contributed by atoms with Crippen LogP contribution < -0.4 is 10.7 Å². The fourth-order valence-corrected chi connectivity index (χ4v) is 1.45. The van der Waals surface area contributed by atoms with Crippen molar-refractivity contribution < 1.29 is 0 Å². The van der Waals surface area contributed by atoms with E-state index < -0.39 is 0 Å². The van der Waals surface area contributed by atoms with Crippen LogP contribution in [0.4, 0.5) is 0 Å². The highest BCUT2D eigenvalue weighted by molar-refractivity contribution is 7.80. The van der Waals surface area contributed by atoms with Crippen LogP contribution in [0.5, 0.6) is 0 Å². The van der Waals surface area contributed by atoms with E-state index in [0.29, 0.717) is 5.11 Å². The van der Waals surface area contributed by atoms with Gasteiger partial charge in [-0.1, -0.05) is 6.07 Å². The molecule has 0 saturated heterocycles. The lowest BCUT2D eigenvalue weighted by Gasteiger charge is -2.01. The van der Waals surface area contributed by atoms with Crippen LogP contribution in [0.1, 0.15) is 11.8 Å². The van der Waals surface area contributed by atoms with Gasteiger partial charge in [0.25, 0.3) is 0 Å². The molecule has 0 spiro atoms. The molecule has 5 heteroatoms. The Morgan fingerprint density at radius 1 is 1.62 bits per heavy atom. The Balaban J connectivity index is 2.57. The van der Waals surface area contributed by atoms with Crippen LogP contribution in [0.3, 0.4) is 0 Å². The van der Waals surface area contributed by atoms with Gasteiger partial charge < -0.3 is 5.32 Å². The summed E-state index contributed by atoms with van der Waals surface area (Å²) in [5, 5.41) is 9.44. The minimum absolute atomic E-state index is 0.524. The van der Waals surface area contributed by atoms with Gasteiger partial charge in [-0.2, -0.15) is 5.10 Å². The first-order valence-corrected chi connectivity index (χ1v) is 5.08. The summed E-state index contributed by atoms with van der Waals surface area (Å²) < 4.78 is 0. The quantitative estimate of drug-likeness (QED) is 0.445. The molecule has 0 radical (unpaired) electrons. The van der Waals surface area contributed by atoms with Crippen LogP contribution in [0.2, 0.25) is 0 Å². The molecule has 1 heterocycles. The van der Waals surface area contributed by atoms with Gasteiger partial charge in [0.15, 0.2) is 5.11 Å². The molecule has 0 saturated carbocycles. The maximum absolute atomic E-state index is 4.88. The normalized spacial score (nSPS) is 11.1. The van der Waals surface area contributed by atoms with Crippen molar-refractivity contribution in [2.24, 2.45) is 5.10 Å². The molecule has 0 aliphatic heterocycles. The topological polar surface area (TPSA) is 36.4 Å². The number of nitrogens with one attached hydrogen (secondary N) is 2. The second-order valence-corrected chi connectivity index (χ2v) is 3.72. The fourth-order valence-electron chi connectivity index (χ4n) is 0.730. The predicted molar refractivity (Wildman–Crippen MR) is 61.3 cm³/mol. The third kappa shape index (κ3) is 3.12. The highest BCUT2D eigenvalue weighted by atomic mass is 32.1. The average Bonchev–Trinajstić information content (AvgIpc) is 2.66. The van der Waals surface area contributed by atoms with Crippen molar-refractivity contribution in [3.63, 3.8) is 0 Å². The Labute approximate surface area is 86.9 Å². The maximum Gasteiger partial charge on any atom is 0.186 e. The molecule has 0 aromatic carbocycles. The van der Waals surface area contributed by atoms with Crippen molar-refractivity contribution in [2.45, 2.75) is 6.92 Å². The summed E-state index contributed by atoms with van der Waals surface area (Å²) in [6.45, 7) is 1.94. The first kappa shape index (κ1) is 10.1. The van der Waals surface area contributed by atoms with Gasteiger partial charge in [-0.3, -0.25) is 5.43 Å². The van der Waals surface area contributed by atoms with Crippen LogP contribution in [0.25, 0.3) is 0 Å². The van der Waals surface area contributed by atoms with Crippen LogP contribution in [0.15, 0.2) is 22.6 Å². The number of nitrogens with zero attached hydrogens (tertiary/aromatic N) is 1. The highest BCUT2D eigenvalue weighted by Crippen LogP contribution is 2.08. The first-order valence-electron chi connectivity index (χ1n) is 3.80. The molecule has 0 unspecified atom stereocenters. The molecule has 70 valence electrons. The highest BCUT2D eigenvalue weighted by Gasteiger charge is 1.97. The Kier molecular flexibility index (Phi) is 3.85. The van der Waals surface area contributed by atoms with Crippen molar-refractivity contribution in [3.05, 3.63) is 22.4 Å². The molecule has 0 aliphatic carbocycles. The van der Waals surface area contributed by atoms with Crippen LogP contribution >= 0.6 is 23.6 Å². The molecule has 2 N–H and O–H groups in total. The van der Waals surface area contributed by atoms with Gasteiger partial charge in [0.1, 0.15) is 0 Å². The van der Waals surface area contributed by atoms with Crippen molar-refractivity contribution >= 4 is 34.4 Å². The Hall–Kier alpha value is -0.940. The number of hydrogen-bond donors (Lipinski definition) is 2.